The highest BCUT2D eigenvalue weighted by molar-refractivity contribution is 6.30. The van der Waals surface area contributed by atoms with Crippen LogP contribution in [-0.4, -0.2) is 30.4 Å². The molecule has 40 heavy (non-hydrogen) atoms. The van der Waals surface area contributed by atoms with Crippen LogP contribution in [0.5, 0.6) is 5.75 Å². The number of hydrogen-bond donors (Lipinski definition) is 1. The van der Waals surface area contributed by atoms with Crippen molar-refractivity contribution in [1.82, 2.24) is 0 Å². The fourth-order valence-electron chi connectivity index (χ4n) is 5.94. The third-order valence-electron chi connectivity index (χ3n) is 8.32. The van der Waals surface area contributed by atoms with Crippen LogP contribution in [-0.2, 0) is 9.59 Å². The summed E-state index contributed by atoms with van der Waals surface area (Å²) in [7, 11) is 0. The molecule has 2 N–H and O–H groups in total. The number of hydrogen-bond acceptors (Lipinski definition) is 4. The van der Waals surface area contributed by atoms with Crippen molar-refractivity contribution in [3.63, 3.8) is 0 Å². The number of halogens is 1. The Balaban J connectivity index is 1.34. The fraction of sp³-hybridized carbons (Fsp3) is 0.344. The standard InChI is InChI=1S/C32H34ClN3O4/c1-21-20-29(36(22(2)37)25-12-10-24(33)11-13-25)27-6-3-4-7-28(27)35(21)30(38)23-8-14-26(15-9-23)40-19-18-32(31(34)39)16-5-17-32/h3-4,6-15,21,29H,5,16-20H2,1-2H3,(H2,34,39)/t21-,29+/m0/s1. The van der Waals surface area contributed by atoms with Crippen LogP contribution < -0.4 is 20.3 Å². The Morgan fingerprint density at radius 3 is 2.30 bits per heavy atom. The van der Waals surface area contributed by atoms with Crippen LogP contribution in [0.2, 0.25) is 5.02 Å². The number of carbonyl (C=O) groups excluding carboxylic acids is 3. The summed E-state index contributed by atoms with van der Waals surface area (Å²) in [6.07, 6.45) is 3.83. The molecule has 1 aliphatic heterocycles. The van der Waals surface area contributed by atoms with Crippen LogP contribution in [0.3, 0.4) is 0 Å². The van der Waals surface area contributed by atoms with Gasteiger partial charge in [-0.1, -0.05) is 36.2 Å². The van der Waals surface area contributed by atoms with Crippen molar-refractivity contribution in [1.29, 1.82) is 0 Å². The minimum atomic E-state index is -0.433. The molecule has 1 fully saturated rings. The van der Waals surface area contributed by atoms with Gasteiger partial charge in [-0.3, -0.25) is 14.4 Å². The topological polar surface area (TPSA) is 92.9 Å². The van der Waals surface area contributed by atoms with E-state index in [2.05, 4.69) is 0 Å². The van der Waals surface area contributed by atoms with E-state index in [0.29, 0.717) is 35.8 Å². The third-order valence-corrected chi connectivity index (χ3v) is 8.57. The van der Waals surface area contributed by atoms with Crippen molar-refractivity contribution < 1.29 is 19.1 Å². The van der Waals surface area contributed by atoms with E-state index in [4.69, 9.17) is 22.1 Å². The summed E-state index contributed by atoms with van der Waals surface area (Å²) < 4.78 is 5.88. The normalized spacial score (nSPS) is 19.2. The van der Waals surface area contributed by atoms with Crippen molar-refractivity contribution in [2.24, 2.45) is 11.1 Å². The largest absolute Gasteiger partial charge is 0.494 e. The van der Waals surface area contributed by atoms with E-state index in [1.54, 1.807) is 48.2 Å². The molecule has 0 unspecified atom stereocenters. The Morgan fingerprint density at radius 2 is 1.70 bits per heavy atom. The second kappa shape index (κ2) is 11.3. The van der Waals surface area contributed by atoms with Crippen LogP contribution >= 0.6 is 11.6 Å². The molecule has 3 aromatic carbocycles. The summed E-state index contributed by atoms with van der Waals surface area (Å²) in [5.41, 5.74) is 8.17. The summed E-state index contributed by atoms with van der Waals surface area (Å²) in [4.78, 5) is 42.1. The number of anilines is 2. The molecule has 0 radical (unpaired) electrons. The number of amides is 3. The molecular formula is C32H34ClN3O4. The monoisotopic (exact) mass is 559 g/mol. The number of para-hydroxylation sites is 1. The van der Waals surface area contributed by atoms with Gasteiger partial charge in [-0.2, -0.15) is 0 Å². The second-order valence-corrected chi connectivity index (χ2v) is 11.3. The van der Waals surface area contributed by atoms with E-state index < -0.39 is 5.41 Å². The average molecular weight is 560 g/mol. The van der Waals surface area contributed by atoms with E-state index >= 15 is 0 Å². The minimum Gasteiger partial charge on any atom is -0.494 e. The first-order valence-corrected chi connectivity index (χ1v) is 14.1. The number of nitrogens with zero attached hydrogens (tertiary/aromatic N) is 2. The van der Waals surface area contributed by atoms with Gasteiger partial charge in [0, 0.05) is 34.9 Å². The van der Waals surface area contributed by atoms with Gasteiger partial charge in [-0.05, 0) is 92.8 Å². The zero-order valence-electron chi connectivity index (χ0n) is 22.8. The third kappa shape index (κ3) is 5.30. The maximum absolute atomic E-state index is 13.8. The van der Waals surface area contributed by atoms with Crippen molar-refractivity contribution >= 4 is 40.7 Å². The zero-order valence-corrected chi connectivity index (χ0v) is 23.6. The fourth-order valence-corrected chi connectivity index (χ4v) is 6.06. The molecule has 0 bridgehead atoms. The maximum Gasteiger partial charge on any atom is 0.258 e. The molecule has 1 aliphatic carbocycles. The van der Waals surface area contributed by atoms with Crippen LogP contribution in [0, 0.1) is 5.41 Å². The lowest BCUT2D eigenvalue weighted by Gasteiger charge is -2.43. The van der Waals surface area contributed by atoms with Gasteiger partial charge in [-0.15, -0.1) is 0 Å². The van der Waals surface area contributed by atoms with E-state index in [1.165, 1.54) is 0 Å². The number of ether oxygens (including phenoxy) is 1. The molecule has 2 aliphatic rings. The van der Waals surface area contributed by atoms with Gasteiger partial charge in [0.05, 0.1) is 18.1 Å². The summed E-state index contributed by atoms with van der Waals surface area (Å²) >= 11 is 6.10. The number of carbonyl (C=O) groups is 3. The average Bonchev–Trinajstić information content (AvgIpc) is 2.91. The number of nitrogens with two attached hydrogens (primary N) is 1. The van der Waals surface area contributed by atoms with E-state index in [1.807, 2.05) is 48.2 Å². The first kappa shape index (κ1) is 27.7. The Kier molecular flexibility index (Phi) is 7.86. The molecular weight excluding hydrogens is 526 g/mol. The van der Waals surface area contributed by atoms with Crippen LogP contribution in [0.1, 0.15) is 67.9 Å². The summed E-state index contributed by atoms with van der Waals surface area (Å²) in [6.45, 7) is 3.96. The molecule has 5 rings (SSSR count). The molecule has 1 saturated carbocycles. The minimum absolute atomic E-state index is 0.0799. The zero-order chi connectivity index (χ0) is 28.4. The lowest BCUT2D eigenvalue weighted by Crippen LogP contribution is -2.47. The Morgan fingerprint density at radius 1 is 1.02 bits per heavy atom. The molecule has 8 heteroatoms. The lowest BCUT2D eigenvalue weighted by atomic mass is 9.66. The van der Waals surface area contributed by atoms with Gasteiger partial charge < -0.3 is 20.3 Å². The van der Waals surface area contributed by atoms with Gasteiger partial charge in [-0.25, -0.2) is 0 Å². The predicted octanol–water partition coefficient (Wildman–Crippen LogP) is 6.30. The first-order chi connectivity index (χ1) is 19.2. The quantitative estimate of drug-likeness (QED) is 0.350. The molecule has 0 spiro atoms. The highest BCUT2D eigenvalue weighted by Crippen LogP contribution is 2.44. The molecule has 3 amide bonds. The van der Waals surface area contributed by atoms with Gasteiger partial charge >= 0.3 is 0 Å². The van der Waals surface area contributed by atoms with E-state index in [9.17, 15) is 14.4 Å². The number of benzene rings is 3. The van der Waals surface area contributed by atoms with Crippen molar-refractivity contribution in [3.8, 4) is 5.75 Å². The van der Waals surface area contributed by atoms with Gasteiger partial charge in [0.2, 0.25) is 11.8 Å². The molecule has 208 valence electrons. The van der Waals surface area contributed by atoms with E-state index in [-0.39, 0.29) is 29.8 Å². The second-order valence-electron chi connectivity index (χ2n) is 10.8. The molecule has 0 aromatic heterocycles. The first-order valence-electron chi connectivity index (χ1n) is 13.7. The summed E-state index contributed by atoms with van der Waals surface area (Å²) in [5, 5.41) is 0.603. The van der Waals surface area contributed by atoms with Crippen molar-refractivity contribution in [2.45, 2.75) is 58.0 Å². The molecule has 0 saturated heterocycles. The number of rotatable bonds is 8. The van der Waals surface area contributed by atoms with Gasteiger partial charge in [0.25, 0.3) is 5.91 Å². The summed E-state index contributed by atoms with van der Waals surface area (Å²) in [5.74, 6) is 0.195. The molecule has 2 atom stereocenters. The molecule has 1 heterocycles. The van der Waals surface area contributed by atoms with Crippen molar-refractivity contribution in [2.75, 3.05) is 16.4 Å². The Labute approximate surface area is 239 Å². The Hall–Kier alpha value is -3.84. The van der Waals surface area contributed by atoms with Crippen LogP contribution in [0.25, 0.3) is 0 Å². The maximum atomic E-state index is 13.8. The molecule has 7 nitrogen and oxygen atoms in total. The van der Waals surface area contributed by atoms with Crippen LogP contribution in [0.15, 0.2) is 72.8 Å². The lowest BCUT2D eigenvalue weighted by molar-refractivity contribution is -0.133. The SMILES string of the molecule is CC(=O)N(c1ccc(Cl)cc1)[C@@H]1C[C@H](C)N(C(=O)c2ccc(OCCC3(C(N)=O)CCC3)cc2)c2ccccc21. The number of fused-ring (bicyclic) bond motifs is 1. The van der Waals surface area contributed by atoms with E-state index in [0.717, 1.165) is 36.2 Å². The van der Waals surface area contributed by atoms with Gasteiger partial charge in [0.15, 0.2) is 0 Å². The van der Waals surface area contributed by atoms with Crippen molar-refractivity contribution in [3.05, 3.63) is 88.9 Å². The molecule has 3 aromatic rings. The Bertz CT molecular complexity index is 1400. The van der Waals surface area contributed by atoms with Gasteiger partial charge in [0.1, 0.15) is 5.75 Å². The predicted molar refractivity (Wildman–Crippen MR) is 157 cm³/mol. The number of primary amides is 1. The van der Waals surface area contributed by atoms with Crippen LogP contribution in [0.4, 0.5) is 11.4 Å². The summed E-state index contributed by atoms with van der Waals surface area (Å²) in [6, 6.07) is 21.7. The smallest absolute Gasteiger partial charge is 0.258 e. The highest BCUT2D eigenvalue weighted by atomic mass is 35.5. The highest BCUT2D eigenvalue weighted by Gasteiger charge is 2.42.